The van der Waals surface area contributed by atoms with Gasteiger partial charge in [-0.05, 0) is 42.3 Å². The average molecular weight is 426 g/mol. The number of carbonyl (C=O) groups is 1. The highest BCUT2D eigenvalue weighted by Gasteiger charge is 2.44. The van der Waals surface area contributed by atoms with Gasteiger partial charge in [0.25, 0.3) is 0 Å². The SMILES string of the molecule is CC(=O)N1CCN(S(=O)(=O)[C@]2(C)C=CC=C(C)C2)c2cc(Br)ncc21. The van der Waals surface area contributed by atoms with Gasteiger partial charge in [0.1, 0.15) is 9.35 Å². The first-order chi connectivity index (χ1) is 11.7. The lowest BCUT2D eigenvalue weighted by Crippen LogP contribution is -2.52. The molecule has 8 heteroatoms. The number of halogens is 1. The van der Waals surface area contributed by atoms with E-state index in [1.807, 2.05) is 13.0 Å². The fraction of sp³-hybridized carbons (Fsp3) is 0.412. The van der Waals surface area contributed by atoms with Crippen LogP contribution in [0.3, 0.4) is 0 Å². The molecule has 0 saturated carbocycles. The fourth-order valence-corrected chi connectivity index (χ4v) is 5.56. The summed E-state index contributed by atoms with van der Waals surface area (Å²) in [6, 6.07) is 1.65. The van der Waals surface area contributed by atoms with Gasteiger partial charge in [-0.15, -0.1) is 0 Å². The van der Waals surface area contributed by atoms with Gasteiger partial charge in [0.05, 0.1) is 24.1 Å². The molecule has 0 unspecified atom stereocenters. The lowest BCUT2D eigenvalue weighted by Gasteiger charge is -2.41. The standard InChI is InChI=1S/C17H20BrN3O3S/c1-12-5-4-6-17(3,10-12)25(23,24)21-8-7-20(13(2)22)15-11-19-16(18)9-14(15)21/h4-6,9,11H,7-8,10H2,1-3H3/t17-/m1/s1. The molecule has 6 nitrogen and oxygen atoms in total. The number of rotatable bonds is 2. The Kier molecular flexibility index (Phi) is 4.53. The zero-order valence-electron chi connectivity index (χ0n) is 14.4. The second-order valence-corrected chi connectivity index (χ2v) is 9.74. The van der Waals surface area contributed by atoms with E-state index in [4.69, 9.17) is 0 Å². The van der Waals surface area contributed by atoms with Gasteiger partial charge in [0, 0.05) is 13.5 Å². The lowest BCUT2D eigenvalue weighted by molar-refractivity contribution is -0.116. The number of nitrogens with zero attached hydrogens (tertiary/aromatic N) is 3. The van der Waals surface area contributed by atoms with Gasteiger partial charge in [0.2, 0.25) is 15.9 Å². The molecule has 134 valence electrons. The average Bonchev–Trinajstić information content (AvgIpc) is 2.52. The van der Waals surface area contributed by atoms with E-state index in [2.05, 4.69) is 20.9 Å². The van der Waals surface area contributed by atoms with Crippen molar-refractivity contribution in [1.29, 1.82) is 0 Å². The van der Waals surface area contributed by atoms with Crippen molar-refractivity contribution >= 4 is 43.2 Å². The molecule has 25 heavy (non-hydrogen) atoms. The van der Waals surface area contributed by atoms with Crippen LogP contribution in [0.25, 0.3) is 0 Å². The summed E-state index contributed by atoms with van der Waals surface area (Å²) >= 11 is 3.30. The summed E-state index contributed by atoms with van der Waals surface area (Å²) in [5.74, 6) is -0.134. The Morgan fingerprint density at radius 2 is 2.04 bits per heavy atom. The monoisotopic (exact) mass is 425 g/mol. The van der Waals surface area contributed by atoms with E-state index in [1.54, 1.807) is 30.0 Å². The number of pyridine rings is 1. The number of sulfonamides is 1. The van der Waals surface area contributed by atoms with Crippen LogP contribution in [0.4, 0.5) is 11.4 Å². The largest absolute Gasteiger partial charge is 0.307 e. The van der Waals surface area contributed by atoms with Crippen molar-refractivity contribution in [3.63, 3.8) is 0 Å². The van der Waals surface area contributed by atoms with Crippen LogP contribution in [0.5, 0.6) is 0 Å². The molecule has 0 aromatic carbocycles. The summed E-state index contributed by atoms with van der Waals surface area (Å²) in [5.41, 5.74) is 2.01. The Morgan fingerprint density at radius 3 is 2.68 bits per heavy atom. The van der Waals surface area contributed by atoms with Gasteiger partial charge >= 0.3 is 0 Å². The predicted octanol–water partition coefficient (Wildman–Crippen LogP) is 3.01. The van der Waals surface area contributed by atoms with E-state index < -0.39 is 14.8 Å². The quantitative estimate of drug-likeness (QED) is 0.682. The number of amides is 1. The van der Waals surface area contributed by atoms with Crippen molar-refractivity contribution in [2.75, 3.05) is 22.3 Å². The summed E-state index contributed by atoms with van der Waals surface area (Å²) in [6.45, 7) is 5.66. The molecule has 0 spiro atoms. The molecule has 2 heterocycles. The fourth-order valence-electron chi connectivity index (χ4n) is 3.35. The van der Waals surface area contributed by atoms with Crippen LogP contribution < -0.4 is 9.21 Å². The second-order valence-electron chi connectivity index (χ2n) is 6.61. The third kappa shape index (κ3) is 3.01. The van der Waals surface area contributed by atoms with Gasteiger partial charge < -0.3 is 4.90 Å². The molecule has 1 amide bonds. The number of hydrogen-bond acceptors (Lipinski definition) is 4. The number of aromatic nitrogens is 1. The van der Waals surface area contributed by atoms with E-state index in [9.17, 15) is 13.2 Å². The van der Waals surface area contributed by atoms with Crippen LogP contribution in [-0.4, -0.2) is 37.1 Å². The molecule has 0 fully saturated rings. The molecule has 0 N–H and O–H groups in total. The van der Waals surface area contributed by atoms with Crippen molar-refractivity contribution in [1.82, 2.24) is 4.98 Å². The second kappa shape index (κ2) is 6.25. The van der Waals surface area contributed by atoms with Gasteiger partial charge in [-0.3, -0.25) is 9.10 Å². The Hall–Kier alpha value is -1.67. The van der Waals surface area contributed by atoms with Crippen molar-refractivity contribution in [3.05, 3.63) is 40.7 Å². The highest BCUT2D eigenvalue weighted by molar-refractivity contribution is 9.10. The molecular weight excluding hydrogens is 406 g/mol. The Balaban J connectivity index is 2.11. The van der Waals surface area contributed by atoms with Crippen LogP contribution in [0, 0.1) is 0 Å². The van der Waals surface area contributed by atoms with Crippen molar-refractivity contribution in [2.45, 2.75) is 31.9 Å². The molecule has 3 rings (SSSR count). The zero-order chi connectivity index (χ0) is 18.4. The minimum atomic E-state index is -3.68. The summed E-state index contributed by atoms with van der Waals surface area (Å²) in [7, 11) is -3.68. The maximum absolute atomic E-state index is 13.5. The first kappa shape index (κ1) is 18.1. The molecule has 1 aliphatic heterocycles. The van der Waals surface area contributed by atoms with Crippen molar-refractivity contribution < 1.29 is 13.2 Å². The van der Waals surface area contributed by atoms with E-state index in [0.29, 0.717) is 28.9 Å². The summed E-state index contributed by atoms with van der Waals surface area (Å²) in [4.78, 5) is 17.6. The minimum absolute atomic E-state index is 0.134. The summed E-state index contributed by atoms with van der Waals surface area (Å²) < 4.78 is 27.9. The summed E-state index contributed by atoms with van der Waals surface area (Å²) in [6.07, 6.45) is 7.45. The molecule has 1 aliphatic carbocycles. The van der Waals surface area contributed by atoms with E-state index in [-0.39, 0.29) is 12.5 Å². The number of hydrogen-bond donors (Lipinski definition) is 0. The molecule has 1 atom stereocenters. The normalized spacial score (nSPS) is 23.3. The molecule has 0 radical (unpaired) electrons. The lowest BCUT2D eigenvalue weighted by atomic mass is 9.96. The third-order valence-corrected chi connectivity index (χ3v) is 7.49. The molecule has 1 aromatic heterocycles. The van der Waals surface area contributed by atoms with Crippen LogP contribution in [0.2, 0.25) is 0 Å². The number of anilines is 2. The van der Waals surface area contributed by atoms with Gasteiger partial charge in [0.15, 0.2) is 0 Å². The van der Waals surface area contributed by atoms with Crippen LogP contribution in [0.1, 0.15) is 27.2 Å². The Bertz CT molecular complexity index is 894. The molecule has 1 aromatic rings. The number of allylic oxidation sites excluding steroid dienone is 3. The van der Waals surface area contributed by atoms with Crippen LogP contribution in [-0.2, 0) is 14.8 Å². The maximum atomic E-state index is 13.5. The first-order valence-corrected chi connectivity index (χ1v) is 10.2. The highest BCUT2D eigenvalue weighted by atomic mass is 79.9. The van der Waals surface area contributed by atoms with E-state index in [1.165, 1.54) is 17.4 Å². The Labute approximate surface area is 156 Å². The first-order valence-electron chi connectivity index (χ1n) is 7.97. The molecule has 0 saturated heterocycles. The minimum Gasteiger partial charge on any atom is -0.307 e. The van der Waals surface area contributed by atoms with Gasteiger partial charge in [-0.25, -0.2) is 13.4 Å². The molecule has 0 bridgehead atoms. The molecular formula is C17H20BrN3O3S. The van der Waals surface area contributed by atoms with Crippen molar-refractivity contribution in [3.8, 4) is 0 Å². The summed E-state index contributed by atoms with van der Waals surface area (Å²) in [5, 5.41) is 0. The zero-order valence-corrected chi connectivity index (χ0v) is 16.8. The maximum Gasteiger partial charge on any atom is 0.244 e. The third-order valence-electron chi connectivity index (χ3n) is 4.63. The van der Waals surface area contributed by atoms with Gasteiger partial charge in [-0.1, -0.05) is 23.8 Å². The number of fused-ring (bicyclic) bond motifs is 1. The Morgan fingerprint density at radius 1 is 1.32 bits per heavy atom. The van der Waals surface area contributed by atoms with Crippen LogP contribution in [0.15, 0.2) is 40.7 Å². The van der Waals surface area contributed by atoms with Crippen LogP contribution >= 0.6 is 15.9 Å². The molecule has 2 aliphatic rings. The van der Waals surface area contributed by atoms with Gasteiger partial charge in [-0.2, -0.15) is 0 Å². The topological polar surface area (TPSA) is 70.6 Å². The predicted molar refractivity (Wildman–Crippen MR) is 102 cm³/mol. The smallest absolute Gasteiger partial charge is 0.244 e. The highest BCUT2D eigenvalue weighted by Crippen LogP contribution is 2.41. The number of carbonyl (C=O) groups excluding carboxylic acids is 1. The van der Waals surface area contributed by atoms with Crippen molar-refractivity contribution in [2.24, 2.45) is 0 Å². The van der Waals surface area contributed by atoms with E-state index >= 15 is 0 Å². The van der Waals surface area contributed by atoms with E-state index in [0.717, 1.165) is 5.57 Å².